The van der Waals surface area contributed by atoms with Crippen molar-refractivity contribution in [3.05, 3.63) is 69.8 Å². The first-order valence-corrected chi connectivity index (χ1v) is 8.30. The number of fused-ring (bicyclic) bond motifs is 1. The predicted octanol–water partition coefficient (Wildman–Crippen LogP) is 3.75. The van der Waals surface area contributed by atoms with Gasteiger partial charge in [-0.15, -0.1) is 0 Å². The zero-order valence-corrected chi connectivity index (χ0v) is 14.5. The third-order valence-electron chi connectivity index (χ3n) is 3.75. The number of rotatable bonds is 4. The molecule has 0 fully saturated rings. The van der Waals surface area contributed by atoms with E-state index in [1.54, 1.807) is 11.0 Å². The molecular weight excluding hydrogens is 403 g/mol. The van der Waals surface area contributed by atoms with Gasteiger partial charge in [-0.25, -0.2) is 0 Å². The molecule has 0 saturated carbocycles. The van der Waals surface area contributed by atoms with E-state index in [1.165, 1.54) is 0 Å². The Morgan fingerprint density at radius 2 is 1.74 bits per heavy atom. The summed E-state index contributed by atoms with van der Waals surface area (Å²) in [5.41, 5.74) is 2.94. The van der Waals surface area contributed by atoms with Crippen molar-refractivity contribution in [3.8, 4) is 0 Å². The summed E-state index contributed by atoms with van der Waals surface area (Å²) in [6.45, 7) is 4.30. The lowest BCUT2D eigenvalue weighted by Crippen LogP contribution is -2.27. The van der Waals surface area contributed by atoms with Crippen LogP contribution in [0, 0.1) is 3.57 Å². The average molecular weight is 418 g/mol. The second-order valence-corrected chi connectivity index (χ2v) is 6.39. The van der Waals surface area contributed by atoms with E-state index in [4.69, 9.17) is 0 Å². The number of amides is 2. The molecule has 1 heterocycles. The third-order valence-corrected chi connectivity index (χ3v) is 4.69. The number of nitrogens with one attached hydrogen (secondary N) is 1. The van der Waals surface area contributed by atoms with Crippen molar-refractivity contribution in [2.45, 2.75) is 6.42 Å². The molecule has 3 rings (SSSR count). The summed E-state index contributed by atoms with van der Waals surface area (Å²) in [6, 6.07) is 15.0. The van der Waals surface area contributed by atoms with Gasteiger partial charge in [-0.2, -0.15) is 0 Å². The van der Waals surface area contributed by atoms with E-state index < -0.39 is 0 Å². The van der Waals surface area contributed by atoms with Crippen LogP contribution in [0.5, 0.6) is 0 Å². The minimum atomic E-state index is -0.120. The fourth-order valence-electron chi connectivity index (χ4n) is 2.56. The highest BCUT2D eigenvalue weighted by atomic mass is 127. The number of para-hydroxylation sites is 1. The van der Waals surface area contributed by atoms with Crippen LogP contribution in [0.3, 0.4) is 0 Å². The molecule has 1 N–H and O–H groups in total. The van der Waals surface area contributed by atoms with E-state index in [-0.39, 0.29) is 18.2 Å². The quantitative estimate of drug-likeness (QED) is 0.770. The Morgan fingerprint density at radius 1 is 1.09 bits per heavy atom. The van der Waals surface area contributed by atoms with Gasteiger partial charge in [0.25, 0.3) is 5.91 Å². The van der Waals surface area contributed by atoms with Gasteiger partial charge in [-0.05, 0) is 40.8 Å². The number of benzene rings is 2. The maximum Gasteiger partial charge on any atom is 0.258 e. The maximum atomic E-state index is 12.4. The highest BCUT2D eigenvalue weighted by molar-refractivity contribution is 14.1. The van der Waals surface area contributed by atoms with E-state index in [0.29, 0.717) is 17.8 Å². The van der Waals surface area contributed by atoms with Crippen LogP contribution in [-0.4, -0.2) is 23.3 Å². The molecular formula is C18H15IN2O2. The number of hydrogen-bond acceptors (Lipinski definition) is 2. The lowest BCUT2D eigenvalue weighted by molar-refractivity contribution is -0.116. The largest absolute Gasteiger partial charge is 0.325 e. The number of halogens is 1. The summed E-state index contributed by atoms with van der Waals surface area (Å²) in [4.78, 5) is 26.1. The highest BCUT2D eigenvalue weighted by Gasteiger charge is 2.30. The zero-order valence-electron chi connectivity index (χ0n) is 12.4. The van der Waals surface area contributed by atoms with E-state index in [2.05, 4.69) is 34.5 Å². The fraction of sp³-hybridized carbons (Fsp3) is 0.111. The molecule has 0 bridgehead atoms. The number of anilines is 1. The van der Waals surface area contributed by atoms with Crippen molar-refractivity contribution in [2.24, 2.45) is 0 Å². The van der Waals surface area contributed by atoms with Crippen LogP contribution >= 0.6 is 22.6 Å². The van der Waals surface area contributed by atoms with E-state index >= 15 is 0 Å². The van der Waals surface area contributed by atoms with Gasteiger partial charge in [0.15, 0.2) is 0 Å². The van der Waals surface area contributed by atoms with Crippen molar-refractivity contribution in [2.75, 3.05) is 11.9 Å². The molecule has 1 aliphatic heterocycles. The Hall–Kier alpha value is -2.15. The molecule has 1 aliphatic rings. The standard InChI is InChI=1S/C18H15IN2O2/c1-12-13-6-2-3-7-14(13)18(23)21(12)11-10-17(22)20-16-9-5-4-8-15(16)19/h2-9H,1,10-11H2,(H,20,22). The molecule has 23 heavy (non-hydrogen) atoms. The Labute approximate surface area is 148 Å². The number of carbonyl (C=O) groups is 2. The first-order valence-electron chi connectivity index (χ1n) is 7.22. The molecule has 0 unspecified atom stereocenters. The van der Waals surface area contributed by atoms with E-state index in [1.807, 2.05) is 42.5 Å². The molecule has 0 saturated heterocycles. The summed E-state index contributed by atoms with van der Waals surface area (Å²) in [6.07, 6.45) is 0.226. The predicted molar refractivity (Wildman–Crippen MR) is 98.9 cm³/mol. The first kappa shape index (κ1) is 15.7. The normalized spacial score (nSPS) is 13.2. The maximum absolute atomic E-state index is 12.4. The Kier molecular flexibility index (Phi) is 4.47. The minimum Gasteiger partial charge on any atom is -0.325 e. The molecule has 4 nitrogen and oxygen atoms in total. The van der Waals surface area contributed by atoms with Crippen LogP contribution in [0.2, 0.25) is 0 Å². The molecule has 2 aromatic carbocycles. The molecule has 0 aliphatic carbocycles. The molecule has 0 radical (unpaired) electrons. The van der Waals surface area contributed by atoms with Gasteiger partial charge < -0.3 is 10.2 Å². The monoisotopic (exact) mass is 418 g/mol. The fourth-order valence-corrected chi connectivity index (χ4v) is 3.08. The van der Waals surface area contributed by atoms with Crippen LogP contribution in [0.4, 0.5) is 5.69 Å². The Morgan fingerprint density at radius 3 is 2.43 bits per heavy atom. The summed E-state index contributed by atoms with van der Waals surface area (Å²) < 4.78 is 0.979. The molecule has 0 aromatic heterocycles. The van der Waals surface area contributed by atoms with Crippen molar-refractivity contribution in [1.29, 1.82) is 0 Å². The highest BCUT2D eigenvalue weighted by Crippen LogP contribution is 2.31. The summed E-state index contributed by atoms with van der Waals surface area (Å²) in [7, 11) is 0. The summed E-state index contributed by atoms with van der Waals surface area (Å²) in [5, 5.41) is 2.87. The van der Waals surface area contributed by atoms with Crippen LogP contribution in [-0.2, 0) is 4.79 Å². The van der Waals surface area contributed by atoms with Crippen molar-refractivity contribution < 1.29 is 9.59 Å². The second-order valence-electron chi connectivity index (χ2n) is 5.23. The Bertz CT molecular complexity index is 766. The first-order chi connectivity index (χ1) is 11.1. The van der Waals surface area contributed by atoms with Gasteiger partial charge in [-0.3, -0.25) is 9.59 Å². The number of carbonyl (C=O) groups excluding carboxylic acids is 2. The van der Waals surface area contributed by atoms with E-state index in [9.17, 15) is 9.59 Å². The van der Waals surface area contributed by atoms with Crippen LogP contribution in [0.1, 0.15) is 22.3 Å². The van der Waals surface area contributed by atoms with Gasteiger partial charge in [0.1, 0.15) is 0 Å². The number of nitrogens with zero attached hydrogens (tertiary/aromatic N) is 1. The van der Waals surface area contributed by atoms with Crippen LogP contribution in [0.25, 0.3) is 5.70 Å². The van der Waals surface area contributed by atoms with Crippen LogP contribution < -0.4 is 5.32 Å². The molecule has 116 valence electrons. The topological polar surface area (TPSA) is 49.4 Å². The molecule has 5 heteroatoms. The van der Waals surface area contributed by atoms with E-state index in [0.717, 1.165) is 14.8 Å². The van der Waals surface area contributed by atoms with Crippen molar-refractivity contribution >= 4 is 45.8 Å². The Balaban J connectivity index is 1.63. The van der Waals surface area contributed by atoms with Gasteiger partial charge >= 0.3 is 0 Å². The second kappa shape index (κ2) is 6.54. The lowest BCUT2D eigenvalue weighted by atomic mass is 10.1. The van der Waals surface area contributed by atoms with Crippen molar-refractivity contribution in [3.63, 3.8) is 0 Å². The number of hydrogen-bond donors (Lipinski definition) is 1. The SMILES string of the molecule is C=C1c2ccccc2C(=O)N1CCC(=O)Nc1ccccc1I. The zero-order chi connectivity index (χ0) is 16.4. The smallest absolute Gasteiger partial charge is 0.258 e. The third kappa shape index (κ3) is 3.14. The van der Waals surface area contributed by atoms with Crippen molar-refractivity contribution in [1.82, 2.24) is 4.90 Å². The van der Waals surface area contributed by atoms with Gasteiger partial charge in [0, 0.05) is 33.4 Å². The molecule has 0 atom stereocenters. The van der Waals surface area contributed by atoms with Gasteiger partial charge in [0.05, 0.1) is 5.69 Å². The van der Waals surface area contributed by atoms with Gasteiger partial charge in [-0.1, -0.05) is 36.9 Å². The summed E-state index contributed by atoms with van der Waals surface area (Å²) in [5.74, 6) is -0.210. The summed E-state index contributed by atoms with van der Waals surface area (Å²) >= 11 is 2.17. The average Bonchev–Trinajstić information content (AvgIpc) is 2.80. The van der Waals surface area contributed by atoms with Crippen LogP contribution in [0.15, 0.2) is 55.1 Å². The molecule has 2 aromatic rings. The molecule has 2 amide bonds. The van der Waals surface area contributed by atoms with Gasteiger partial charge in [0.2, 0.25) is 5.91 Å². The minimum absolute atomic E-state index is 0.0901. The lowest BCUT2D eigenvalue weighted by Gasteiger charge is -2.17. The molecule has 0 spiro atoms.